The van der Waals surface area contributed by atoms with Gasteiger partial charge in [-0.3, -0.25) is 9.69 Å². The number of fused-ring (bicyclic) bond motifs is 1. The molecule has 0 saturated carbocycles. The molecule has 1 aliphatic carbocycles. The van der Waals surface area contributed by atoms with Crippen LogP contribution in [0.25, 0.3) is 11.5 Å². The van der Waals surface area contributed by atoms with Crippen LogP contribution >= 0.6 is 11.3 Å². The number of carbonyl (C=O) groups is 1. The van der Waals surface area contributed by atoms with Crippen LogP contribution in [0, 0.1) is 11.3 Å². The van der Waals surface area contributed by atoms with Crippen molar-refractivity contribution in [2.75, 3.05) is 50.4 Å². The summed E-state index contributed by atoms with van der Waals surface area (Å²) in [5.41, 5.74) is 7.46. The van der Waals surface area contributed by atoms with Gasteiger partial charge in [0.15, 0.2) is 0 Å². The molecule has 0 unspecified atom stereocenters. The summed E-state index contributed by atoms with van der Waals surface area (Å²) in [5.74, 6) is 1.35. The third kappa shape index (κ3) is 4.88. The molecule has 3 atom stereocenters. The number of aromatic nitrogens is 4. The summed E-state index contributed by atoms with van der Waals surface area (Å²) in [5, 5.41) is 14.7. The molecule has 0 bridgehead atoms. The number of likely N-dealkylation sites (tertiary alicyclic amines) is 1. The van der Waals surface area contributed by atoms with E-state index in [1.807, 2.05) is 13.0 Å². The van der Waals surface area contributed by atoms with Crippen molar-refractivity contribution in [3.63, 3.8) is 0 Å². The van der Waals surface area contributed by atoms with Gasteiger partial charge in [-0.2, -0.15) is 20.2 Å². The Morgan fingerprint density at radius 3 is 2.76 bits per heavy atom. The van der Waals surface area contributed by atoms with Gasteiger partial charge in [-0.25, -0.2) is 0 Å². The van der Waals surface area contributed by atoms with Gasteiger partial charge >= 0.3 is 6.01 Å². The first-order valence-corrected chi connectivity index (χ1v) is 15.1. The van der Waals surface area contributed by atoms with Crippen LogP contribution in [-0.2, 0) is 16.6 Å². The first-order chi connectivity index (χ1) is 20.2. The van der Waals surface area contributed by atoms with E-state index in [1.54, 1.807) is 4.90 Å². The standard InChI is InChI=1S/C29H35N9O3S/c1-5-23(39)38-13-11-37(12-14-38)22-15-19(32-28(33-22)40-20-8-10-36(4)17(20)2)26-34-27(41-35-26)29(3)9-6-7-21-24(29)18(16-30)25(31)42-21/h5,15,17,20H,1,6-14,31H2,2-4H3/t17-,20-,29-/m0/s1. The Kier molecular flexibility index (Phi) is 7.36. The molecule has 0 radical (unpaired) electrons. The number of rotatable bonds is 6. The van der Waals surface area contributed by atoms with Gasteiger partial charge in [0.25, 0.3) is 0 Å². The fourth-order valence-electron chi connectivity index (χ4n) is 6.24. The highest BCUT2D eigenvalue weighted by Gasteiger charge is 2.43. The second kappa shape index (κ2) is 11.0. The van der Waals surface area contributed by atoms with E-state index >= 15 is 0 Å². The molecule has 220 valence electrons. The molecule has 3 aromatic rings. The van der Waals surface area contributed by atoms with Crippen molar-refractivity contribution in [3.8, 4) is 23.6 Å². The molecule has 42 heavy (non-hydrogen) atoms. The van der Waals surface area contributed by atoms with E-state index in [-0.39, 0.29) is 24.1 Å². The van der Waals surface area contributed by atoms with Crippen LogP contribution in [0.4, 0.5) is 10.8 Å². The summed E-state index contributed by atoms with van der Waals surface area (Å²) in [6.45, 7) is 11.0. The molecular weight excluding hydrogens is 554 g/mol. The van der Waals surface area contributed by atoms with Gasteiger partial charge in [0.05, 0.1) is 11.0 Å². The van der Waals surface area contributed by atoms with E-state index in [2.05, 4.69) is 41.6 Å². The summed E-state index contributed by atoms with van der Waals surface area (Å²) in [6.07, 6.45) is 4.73. The highest BCUT2D eigenvalue weighted by molar-refractivity contribution is 7.16. The van der Waals surface area contributed by atoms with Crippen molar-refractivity contribution in [2.45, 2.75) is 57.1 Å². The third-order valence-corrected chi connectivity index (χ3v) is 10.00. The van der Waals surface area contributed by atoms with Crippen LogP contribution < -0.4 is 15.4 Å². The maximum Gasteiger partial charge on any atom is 0.319 e. The Labute approximate surface area is 248 Å². The zero-order chi connectivity index (χ0) is 29.6. The van der Waals surface area contributed by atoms with Crippen LogP contribution in [0.5, 0.6) is 6.01 Å². The zero-order valence-electron chi connectivity index (χ0n) is 24.2. The number of nitrogens with zero attached hydrogens (tertiary/aromatic N) is 8. The Morgan fingerprint density at radius 1 is 1.29 bits per heavy atom. The first-order valence-electron chi connectivity index (χ1n) is 14.3. The molecule has 3 aliphatic rings. The van der Waals surface area contributed by atoms with E-state index in [9.17, 15) is 10.1 Å². The maximum absolute atomic E-state index is 12.1. The third-order valence-electron chi connectivity index (χ3n) is 8.92. The number of nitrogen functional groups attached to an aromatic ring is 1. The molecular formula is C29H35N9O3S. The number of piperazine rings is 1. The molecule has 0 spiro atoms. The largest absolute Gasteiger partial charge is 0.458 e. The van der Waals surface area contributed by atoms with Crippen molar-refractivity contribution < 1.29 is 14.1 Å². The van der Waals surface area contributed by atoms with Crippen LogP contribution in [0.2, 0.25) is 0 Å². The molecule has 2 saturated heterocycles. The summed E-state index contributed by atoms with van der Waals surface area (Å²) in [4.78, 5) is 33.7. The smallest absolute Gasteiger partial charge is 0.319 e. The fraction of sp³-hybridized carbons (Fsp3) is 0.517. The summed E-state index contributed by atoms with van der Waals surface area (Å²) in [6, 6.07) is 4.61. The van der Waals surface area contributed by atoms with Crippen LogP contribution in [0.15, 0.2) is 23.2 Å². The van der Waals surface area contributed by atoms with Gasteiger partial charge in [0, 0.05) is 55.3 Å². The number of anilines is 2. The molecule has 12 nitrogen and oxygen atoms in total. The number of amides is 1. The number of hydrogen-bond acceptors (Lipinski definition) is 12. The number of hydrogen-bond donors (Lipinski definition) is 1. The van der Waals surface area contributed by atoms with Gasteiger partial charge in [-0.05, 0) is 52.7 Å². The van der Waals surface area contributed by atoms with Crippen molar-refractivity contribution in [1.29, 1.82) is 5.26 Å². The van der Waals surface area contributed by atoms with Crippen molar-refractivity contribution >= 4 is 28.1 Å². The summed E-state index contributed by atoms with van der Waals surface area (Å²) in [7, 11) is 2.08. The normalized spacial score (nSPS) is 24.3. The minimum atomic E-state index is -0.634. The minimum Gasteiger partial charge on any atom is -0.458 e. The van der Waals surface area contributed by atoms with E-state index in [0.29, 0.717) is 60.0 Å². The van der Waals surface area contributed by atoms with Crippen molar-refractivity contribution in [3.05, 3.63) is 40.6 Å². The monoisotopic (exact) mass is 589 g/mol. The number of carbonyl (C=O) groups excluding carboxylic acids is 1. The number of thiophene rings is 1. The number of nitrogens with two attached hydrogens (primary N) is 1. The Bertz CT molecular complexity index is 1550. The second-order valence-corrected chi connectivity index (χ2v) is 12.6. The molecule has 6 rings (SSSR count). The first kappa shape index (κ1) is 28.1. The number of likely N-dealkylation sites (N-methyl/N-ethyl adjacent to an activating group) is 1. The van der Waals surface area contributed by atoms with Gasteiger partial charge in [0.1, 0.15) is 28.7 Å². The van der Waals surface area contributed by atoms with Gasteiger partial charge in [-0.1, -0.05) is 11.7 Å². The lowest BCUT2D eigenvalue weighted by molar-refractivity contribution is -0.126. The quantitative estimate of drug-likeness (QED) is 0.423. The minimum absolute atomic E-state index is 0.0472. The van der Waals surface area contributed by atoms with E-state index in [0.717, 1.165) is 42.7 Å². The topological polar surface area (TPSA) is 151 Å². The van der Waals surface area contributed by atoms with Crippen LogP contribution in [0.1, 0.15) is 55.0 Å². The lowest BCUT2D eigenvalue weighted by Crippen LogP contribution is -2.48. The Balaban J connectivity index is 1.35. The van der Waals surface area contributed by atoms with Gasteiger partial charge in [-0.15, -0.1) is 11.3 Å². The highest BCUT2D eigenvalue weighted by Crippen LogP contribution is 2.48. The maximum atomic E-state index is 12.1. The Hall–Kier alpha value is -4.02. The SMILES string of the molecule is C=CC(=O)N1CCN(c2cc(-c3noc([C@@]4(C)CCCc5sc(N)c(C#N)c54)n3)nc(O[C@H]3CCN(C)[C@H]3C)n2)CC1. The van der Waals surface area contributed by atoms with Crippen molar-refractivity contribution in [1.82, 2.24) is 29.9 Å². The highest BCUT2D eigenvalue weighted by atomic mass is 32.1. The molecule has 13 heteroatoms. The van der Waals surface area contributed by atoms with Gasteiger partial charge < -0.3 is 24.8 Å². The predicted octanol–water partition coefficient (Wildman–Crippen LogP) is 2.99. The average Bonchev–Trinajstić information content (AvgIpc) is 3.71. The van der Waals surface area contributed by atoms with Crippen molar-refractivity contribution in [2.24, 2.45) is 0 Å². The van der Waals surface area contributed by atoms with E-state index in [1.165, 1.54) is 17.4 Å². The van der Waals surface area contributed by atoms with Gasteiger partial charge in [0.2, 0.25) is 17.6 Å². The summed E-state index contributed by atoms with van der Waals surface area (Å²) < 4.78 is 12.2. The molecule has 1 amide bonds. The average molecular weight is 590 g/mol. The van der Waals surface area contributed by atoms with E-state index in [4.69, 9.17) is 29.9 Å². The number of ether oxygens (including phenoxy) is 1. The Morgan fingerprint density at radius 2 is 2.07 bits per heavy atom. The van der Waals surface area contributed by atoms with Crippen LogP contribution in [0.3, 0.4) is 0 Å². The molecule has 5 heterocycles. The lowest BCUT2D eigenvalue weighted by Gasteiger charge is -2.35. The molecule has 2 fully saturated rings. The zero-order valence-corrected chi connectivity index (χ0v) is 25.0. The molecule has 2 N–H and O–H groups in total. The van der Waals surface area contributed by atoms with Crippen LogP contribution in [-0.4, -0.2) is 87.7 Å². The lowest BCUT2D eigenvalue weighted by atomic mass is 9.72. The fourth-order valence-corrected chi connectivity index (χ4v) is 7.43. The summed E-state index contributed by atoms with van der Waals surface area (Å²) >= 11 is 1.47. The molecule has 2 aliphatic heterocycles. The predicted molar refractivity (Wildman–Crippen MR) is 158 cm³/mol. The molecule has 3 aromatic heterocycles. The number of nitriles is 1. The number of aryl methyl sites for hydroxylation is 1. The molecule has 0 aromatic carbocycles. The second-order valence-electron chi connectivity index (χ2n) is 11.4. The van der Waals surface area contributed by atoms with E-state index < -0.39 is 5.41 Å².